The maximum Gasteiger partial charge on any atom is 0.357 e. The normalized spacial score (nSPS) is 15.8. The van der Waals surface area contributed by atoms with Gasteiger partial charge in [-0.15, -0.1) is 11.3 Å². The van der Waals surface area contributed by atoms with Crippen molar-refractivity contribution < 1.29 is 14.3 Å². The van der Waals surface area contributed by atoms with Crippen molar-refractivity contribution in [2.75, 3.05) is 36.0 Å². The first-order valence-corrected chi connectivity index (χ1v) is 6.70. The number of nitrogens with zero attached hydrogens (tertiary/aromatic N) is 4. The zero-order chi connectivity index (χ0) is 13.2. The van der Waals surface area contributed by atoms with E-state index in [2.05, 4.69) is 14.9 Å². The molecule has 0 amide bonds. The van der Waals surface area contributed by atoms with Crippen molar-refractivity contribution in [3.05, 3.63) is 23.5 Å². The lowest BCUT2D eigenvalue weighted by Crippen LogP contribution is -2.46. The third kappa shape index (κ3) is 2.39. The lowest BCUT2D eigenvalue weighted by molar-refractivity contribution is 0.0690. The highest BCUT2D eigenvalue weighted by molar-refractivity contribution is 7.13. The SMILES string of the molecule is O=C(O)c1coc(N2CCN(c3nccs3)CC2)n1. The monoisotopic (exact) mass is 280 g/mol. The van der Waals surface area contributed by atoms with Crippen LogP contribution in [0.4, 0.5) is 11.1 Å². The molecule has 0 saturated carbocycles. The summed E-state index contributed by atoms with van der Waals surface area (Å²) in [6, 6.07) is 0.371. The molecule has 0 atom stereocenters. The van der Waals surface area contributed by atoms with E-state index in [1.165, 1.54) is 6.26 Å². The molecule has 100 valence electrons. The number of thiazole rings is 1. The summed E-state index contributed by atoms with van der Waals surface area (Å²) >= 11 is 1.61. The second-order valence-corrected chi connectivity index (χ2v) is 4.98. The van der Waals surface area contributed by atoms with Crippen molar-refractivity contribution in [3.63, 3.8) is 0 Å². The number of aromatic carboxylic acids is 1. The van der Waals surface area contributed by atoms with Gasteiger partial charge in [-0.25, -0.2) is 9.78 Å². The van der Waals surface area contributed by atoms with E-state index >= 15 is 0 Å². The van der Waals surface area contributed by atoms with Gasteiger partial charge in [-0.1, -0.05) is 0 Å². The topological polar surface area (TPSA) is 82.7 Å². The van der Waals surface area contributed by atoms with Crippen molar-refractivity contribution in [1.29, 1.82) is 0 Å². The zero-order valence-electron chi connectivity index (χ0n) is 10.0. The highest BCUT2D eigenvalue weighted by Crippen LogP contribution is 2.21. The molecule has 1 fully saturated rings. The lowest BCUT2D eigenvalue weighted by atomic mass is 10.3. The molecule has 3 rings (SSSR count). The minimum Gasteiger partial charge on any atom is -0.476 e. The molecule has 1 N–H and O–H groups in total. The van der Waals surface area contributed by atoms with Crippen LogP contribution in [0.2, 0.25) is 0 Å². The smallest absolute Gasteiger partial charge is 0.357 e. The third-order valence-corrected chi connectivity index (χ3v) is 3.78. The number of carboxylic acids is 1. The van der Waals surface area contributed by atoms with Gasteiger partial charge < -0.3 is 19.3 Å². The van der Waals surface area contributed by atoms with Crippen LogP contribution in [0.15, 0.2) is 22.3 Å². The summed E-state index contributed by atoms with van der Waals surface area (Å²) < 4.78 is 5.19. The van der Waals surface area contributed by atoms with Gasteiger partial charge in [-0.2, -0.15) is 4.98 Å². The first kappa shape index (κ1) is 12.0. The molecule has 1 aliphatic heterocycles. The lowest BCUT2D eigenvalue weighted by Gasteiger charge is -2.33. The predicted molar refractivity (Wildman–Crippen MR) is 70.0 cm³/mol. The maximum atomic E-state index is 10.7. The van der Waals surface area contributed by atoms with Crippen LogP contribution >= 0.6 is 11.3 Å². The summed E-state index contributed by atoms with van der Waals surface area (Å²) in [7, 11) is 0. The molecule has 1 aliphatic rings. The largest absolute Gasteiger partial charge is 0.476 e. The number of hydrogen-bond donors (Lipinski definition) is 1. The van der Waals surface area contributed by atoms with Crippen LogP contribution in [0, 0.1) is 0 Å². The van der Waals surface area contributed by atoms with Gasteiger partial charge in [0, 0.05) is 37.8 Å². The van der Waals surface area contributed by atoms with Gasteiger partial charge in [0.2, 0.25) is 0 Å². The van der Waals surface area contributed by atoms with Crippen LogP contribution < -0.4 is 9.80 Å². The Morgan fingerprint density at radius 1 is 1.32 bits per heavy atom. The van der Waals surface area contributed by atoms with Crippen LogP contribution in [0.3, 0.4) is 0 Å². The Kier molecular flexibility index (Phi) is 3.08. The number of rotatable bonds is 3. The molecule has 0 aliphatic carbocycles. The molecule has 8 heteroatoms. The standard InChI is InChI=1S/C11H12N4O3S/c16-9(17)8-7-18-10(13-8)14-2-4-15(5-3-14)11-12-1-6-19-11/h1,6-7H,2-5H2,(H,16,17). The molecule has 0 unspecified atom stereocenters. The highest BCUT2D eigenvalue weighted by atomic mass is 32.1. The van der Waals surface area contributed by atoms with Crippen LogP contribution in [0.5, 0.6) is 0 Å². The van der Waals surface area contributed by atoms with Gasteiger partial charge in [0.15, 0.2) is 10.8 Å². The van der Waals surface area contributed by atoms with Crippen molar-refractivity contribution in [2.45, 2.75) is 0 Å². The summed E-state index contributed by atoms with van der Waals surface area (Å²) in [4.78, 5) is 23.1. The number of hydrogen-bond acceptors (Lipinski definition) is 7. The Morgan fingerprint density at radius 2 is 2.05 bits per heavy atom. The second kappa shape index (κ2) is 4.88. The first-order valence-electron chi connectivity index (χ1n) is 5.82. The number of piperazine rings is 1. The Hall–Kier alpha value is -2.09. The van der Waals surface area contributed by atoms with Crippen molar-refractivity contribution >= 4 is 28.5 Å². The van der Waals surface area contributed by atoms with E-state index in [0.717, 1.165) is 31.3 Å². The molecule has 2 aromatic heterocycles. The molecular weight excluding hydrogens is 268 g/mol. The summed E-state index contributed by atoms with van der Waals surface area (Å²) in [6.07, 6.45) is 2.96. The number of carbonyl (C=O) groups is 1. The highest BCUT2D eigenvalue weighted by Gasteiger charge is 2.22. The molecule has 0 radical (unpaired) electrons. The van der Waals surface area contributed by atoms with Gasteiger partial charge >= 0.3 is 5.97 Å². The zero-order valence-corrected chi connectivity index (χ0v) is 10.8. The summed E-state index contributed by atoms with van der Waals surface area (Å²) in [5.41, 5.74) is -0.0580. The molecule has 0 aromatic carbocycles. The molecule has 0 spiro atoms. The fourth-order valence-corrected chi connectivity index (χ4v) is 2.67. The fourth-order valence-electron chi connectivity index (χ4n) is 1.97. The maximum absolute atomic E-state index is 10.7. The quantitative estimate of drug-likeness (QED) is 0.903. The van der Waals surface area contributed by atoms with Gasteiger partial charge in [-0.3, -0.25) is 0 Å². The minimum absolute atomic E-state index is 0.0580. The van der Waals surface area contributed by atoms with Crippen LogP contribution in [0.25, 0.3) is 0 Å². The average Bonchev–Trinajstić information content (AvgIpc) is 3.11. The molecule has 1 saturated heterocycles. The average molecular weight is 280 g/mol. The molecular formula is C11H12N4O3S. The van der Waals surface area contributed by atoms with E-state index in [4.69, 9.17) is 9.52 Å². The van der Waals surface area contributed by atoms with Crippen LogP contribution in [0.1, 0.15) is 10.5 Å². The van der Waals surface area contributed by atoms with Gasteiger partial charge in [0.05, 0.1) is 0 Å². The van der Waals surface area contributed by atoms with E-state index in [0.29, 0.717) is 6.01 Å². The van der Waals surface area contributed by atoms with Gasteiger partial charge in [0.1, 0.15) is 6.26 Å². The van der Waals surface area contributed by atoms with E-state index < -0.39 is 5.97 Å². The summed E-state index contributed by atoms with van der Waals surface area (Å²) in [5, 5.41) is 11.8. The predicted octanol–water partition coefficient (Wildman–Crippen LogP) is 1.16. The third-order valence-electron chi connectivity index (χ3n) is 2.95. The Morgan fingerprint density at radius 3 is 2.63 bits per heavy atom. The fraction of sp³-hybridized carbons (Fsp3) is 0.364. The van der Waals surface area contributed by atoms with Gasteiger partial charge in [-0.05, 0) is 0 Å². The number of oxazole rings is 1. The van der Waals surface area contributed by atoms with Crippen LogP contribution in [-0.2, 0) is 0 Å². The van der Waals surface area contributed by atoms with Crippen molar-refractivity contribution in [3.8, 4) is 0 Å². The van der Waals surface area contributed by atoms with E-state index in [1.54, 1.807) is 17.5 Å². The van der Waals surface area contributed by atoms with E-state index in [9.17, 15) is 4.79 Å². The van der Waals surface area contributed by atoms with E-state index in [-0.39, 0.29) is 5.69 Å². The van der Waals surface area contributed by atoms with Gasteiger partial charge in [0.25, 0.3) is 6.01 Å². The van der Waals surface area contributed by atoms with Crippen molar-refractivity contribution in [1.82, 2.24) is 9.97 Å². The number of aromatic nitrogens is 2. The first-order chi connectivity index (χ1) is 9.24. The molecule has 19 heavy (non-hydrogen) atoms. The molecule has 7 nitrogen and oxygen atoms in total. The Balaban J connectivity index is 1.64. The number of carboxylic acid groups (broad SMARTS) is 1. The summed E-state index contributed by atoms with van der Waals surface area (Å²) in [6.45, 7) is 3.11. The van der Waals surface area contributed by atoms with Crippen molar-refractivity contribution in [2.24, 2.45) is 0 Å². The molecule has 2 aromatic rings. The summed E-state index contributed by atoms with van der Waals surface area (Å²) in [5.74, 6) is -1.07. The number of anilines is 2. The molecule has 3 heterocycles. The Labute approximate surface area is 113 Å². The van der Waals surface area contributed by atoms with Crippen LogP contribution in [-0.4, -0.2) is 47.2 Å². The Bertz CT molecular complexity index is 560. The second-order valence-electron chi connectivity index (χ2n) is 4.11. The van der Waals surface area contributed by atoms with E-state index in [1.807, 2.05) is 10.3 Å². The minimum atomic E-state index is -1.07. The molecule has 0 bridgehead atoms.